The average molecular weight is 401 g/mol. The van der Waals surface area contributed by atoms with E-state index >= 15 is 0 Å². The van der Waals surface area contributed by atoms with Gasteiger partial charge in [-0.1, -0.05) is 58.6 Å². The van der Waals surface area contributed by atoms with Gasteiger partial charge in [0, 0.05) is 17.4 Å². The Labute approximate surface area is 175 Å². The maximum atomic E-state index is 11.6. The Morgan fingerprint density at radius 2 is 1.93 bits per heavy atom. The van der Waals surface area contributed by atoms with Gasteiger partial charge in [-0.05, 0) is 49.8 Å². The summed E-state index contributed by atoms with van der Waals surface area (Å²) >= 11 is 0. The molecule has 0 saturated heterocycles. The van der Waals surface area contributed by atoms with Crippen molar-refractivity contribution in [3.63, 3.8) is 0 Å². The Balaban J connectivity index is 1.95. The van der Waals surface area contributed by atoms with Crippen molar-refractivity contribution in [1.29, 1.82) is 0 Å². The number of fused-ring (bicyclic) bond motifs is 3. The number of aromatic hydroxyl groups is 1. The summed E-state index contributed by atoms with van der Waals surface area (Å²) in [7, 11) is 0. The molecule has 0 aromatic heterocycles. The van der Waals surface area contributed by atoms with Crippen molar-refractivity contribution in [2.45, 2.75) is 90.1 Å². The van der Waals surface area contributed by atoms with Crippen LogP contribution in [0.25, 0.3) is 0 Å². The molecule has 0 bridgehead atoms. The van der Waals surface area contributed by atoms with Crippen LogP contribution in [0, 0.1) is 11.8 Å². The number of unbranched alkanes of at least 4 members (excludes halogenated alkanes) is 3. The lowest BCUT2D eigenvalue weighted by atomic mass is 9.66. The third kappa shape index (κ3) is 4.31. The first-order valence-corrected chi connectivity index (χ1v) is 11.0. The molecule has 1 aliphatic heterocycles. The molecule has 0 radical (unpaired) electrons. The molecule has 160 valence electrons. The van der Waals surface area contributed by atoms with Crippen LogP contribution in [0.3, 0.4) is 0 Å². The van der Waals surface area contributed by atoms with Gasteiger partial charge in [0.25, 0.3) is 0 Å². The van der Waals surface area contributed by atoms with E-state index < -0.39 is 17.5 Å². The zero-order chi connectivity index (χ0) is 21.4. The molecule has 1 aromatic rings. The van der Waals surface area contributed by atoms with Gasteiger partial charge in [-0.15, -0.1) is 0 Å². The Bertz CT molecular complexity index is 790. The van der Waals surface area contributed by atoms with Gasteiger partial charge in [0.1, 0.15) is 17.1 Å². The van der Waals surface area contributed by atoms with E-state index in [0.29, 0.717) is 12.2 Å². The molecule has 2 N–H and O–H groups in total. The fourth-order valence-corrected chi connectivity index (χ4v) is 5.03. The lowest BCUT2D eigenvalue weighted by molar-refractivity contribution is -0.141. The van der Waals surface area contributed by atoms with Crippen molar-refractivity contribution in [3.05, 3.63) is 35.4 Å². The molecule has 1 heterocycles. The number of carbonyl (C=O) groups is 1. The lowest BCUT2D eigenvalue weighted by Crippen LogP contribution is -2.45. The van der Waals surface area contributed by atoms with Crippen molar-refractivity contribution in [2.24, 2.45) is 11.8 Å². The van der Waals surface area contributed by atoms with Crippen LogP contribution in [0.4, 0.5) is 0 Å². The first-order valence-electron chi connectivity index (χ1n) is 11.0. The number of carboxylic acids is 1. The second kappa shape index (κ2) is 8.04. The number of phenolic OH excluding ortho intramolecular Hbond substituents is 1. The van der Waals surface area contributed by atoms with Crippen LogP contribution in [-0.4, -0.2) is 21.8 Å². The van der Waals surface area contributed by atoms with E-state index in [-0.39, 0.29) is 23.0 Å². The molecule has 2 aliphatic rings. The monoisotopic (exact) mass is 400 g/mol. The Kier molecular flexibility index (Phi) is 6.03. The minimum absolute atomic E-state index is 0.0457. The first kappa shape index (κ1) is 21.7. The van der Waals surface area contributed by atoms with Gasteiger partial charge in [0.15, 0.2) is 0 Å². The highest BCUT2D eigenvalue weighted by Crippen LogP contribution is 2.54. The molecule has 4 heteroatoms. The first-order chi connectivity index (χ1) is 13.6. The van der Waals surface area contributed by atoms with Gasteiger partial charge in [-0.25, -0.2) is 0 Å². The molecule has 29 heavy (non-hydrogen) atoms. The highest BCUT2D eigenvalue weighted by atomic mass is 16.5. The number of phenols is 1. The van der Waals surface area contributed by atoms with Crippen molar-refractivity contribution >= 4 is 5.97 Å². The van der Waals surface area contributed by atoms with E-state index in [9.17, 15) is 15.0 Å². The van der Waals surface area contributed by atoms with Gasteiger partial charge in [-0.2, -0.15) is 0 Å². The van der Waals surface area contributed by atoms with Gasteiger partial charge >= 0.3 is 5.97 Å². The van der Waals surface area contributed by atoms with Crippen LogP contribution in [0.1, 0.15) is 90.2 Å². The molecule has 0 saturated carbocycles. The average Bonchev–Trinajstić information content (AvgIpc) is 2.64. The van der Waals surface area contributed by atoms with E-state index in [4.69, 9.17) is 4.74 Å². The maximum Gasteiger partial charge on any atom is 0.310 e. The number of hydrogen-bond donors (Lipinski definition) is 2. The molecular formula is C25H36O4. The number of carboxylic acid groups (broad SMARTS) is 1. The molecule has 3 atom stereocenters. The summed E-state index contributed by atoms with van der Waals surface area (Å²) in [4.78, 5) is 11.6. The van der Waals surface area contributed by atoms with Crippen molar-refractivity contribution in [2.75, 3.05) is 0 Å². The Morgan fingerprint density at radius 1 is 1.21 bits per heavy atom. The normalized spacial score (nSPS) is 25.1. The summed E-state index contributed by atoms with van der Waals surface area (Å²) in [6.07, 6.45) is 10.2. The van der Waals surface area contributed by atoms with E-state index in [2.05, 4.69) is 40.7 Å². The zero-order valence-electron chi connectivity index (χ0n) is 18.5. The molecule has 3 rings (SSSR count). The summed E-state index contributed by atoms with van der Waals surface area (Å²) in [5, 5.41) is 20.5. The van der Waals surface area contributed by atoms with E-state index in [1.807, 2.05) is 12.1 Å². The summed E-state index contributed by atoms with van der Waals surface area (Å²) in [5.74, 6) is -0.385. The zero-order valence-corrected chi connectivity index (χ0v) is 18.5. The van der Waals surface area contributed by atoms with Crippen LogP contribution in [0.15, 0.2) is 24.3 Å². The van der Waals surface area contributed by atoms with Crippen LogP contribution in [-0.2, 0) is 10.2 Å². The number of aliphatic carboxylic acids is 1. The number of benzene rings is 1. The molecular weight excluding hydrogens is 364 g/mol. The third-order valence-corrected chi connectivity index (χ3v) is 6.91. The Morgan fingerprint density at radius 3 is 2.59 bits per heavy atom. The van der Waals surface area contributed by atoms with Crippen molar-refractivity contribution < 1.29 is 19.7 Å². The van der Waals surface area contributed by atoms with Gasteiger partial charge < -0.3 is 14.9 Å². The highest BCUT2D eigenvalue weighted by molar-refractivity contribution is 5.73. The van der Waals surface area contributed by atoms with Gasteiger partial charge in [0.05, 0.1) is 5.92 Å². The van der Waals surface area contributed by atoms with E-state index in [0.717, 1.165) is 17.5 Å². The predicted molar refractivity (Wildman–Crippen MR) is 116 cm³/mol. The molecule has 0 fully saturated rings. The highest BCUT2D eigenvalue weighted by Gasteiger charge is 2.47. The fraction of sp³-hybridized carbons (Fsp3) is 0.640. The minimum atomic E-state index is -0.810. The summed E-state index contributed by atoms with van der Waals surface area (Å²) in [6, 6.07) is 3.96. The van der Waals surface area contributed by atoms with Gasteiger partial charge in [0.2, 0.25) is 0 Å². The number of hydrogen-bond acceptors (Lipinski definition) is 3. The van der Waals surface area contributed by atoms with E-state index in [1.54, 1.807) is 6.08 Å². The number of ether oxygens (including phenoxy) is 1. The molecule has 1 unspecified atom stereocenters. The van der Waals surface area contributed by atoms with Crippen molar-refractivity contribution in [3.8, 4) is 11.5 Å². The quantitative estimate of drug-likeness (QED) is 0.424. The van der Waals surface area contributed by atoms with E-state index in [1.165, 1.54) is 25.7 Å². The summed E-state index contributed by atoms with van der Waals surface area (Å²) in [6.45, 7) is 10.8. The van der Waals surface area contributed by atoms with Crippen LogP contribution >= 0.6 is 0 Å². The molecule has 0 spiro atoms. The molecule has 1 aromatic carbocycles. The summed E-state index contributed by atoms with van der Waals surface area (Å²) in [5.41, 5.74) is 1.35. The SMILES string of the molecule is CCCCCCC(C)(C)c1cc(O)c2c(c1)OC(C)(C)[C@@H]1C=CC(C(=O)O)C[C@@H]21. The second-order valence-corrected chi connectivity index (χ2v) is 10.0. The van der Waals surface area contributed by atoms with Crippen LogP contribution in [0.2, 0.25) is 0 Å². The molecule has 4 nitrogen and oxygen atoms in total. The molecule has 1 aliphatic carbocycles. The Hall–Kier alpha value is -1.97. The van der Waals surface area contributed by atoms with Crippen LogP contribution < -0.4 is 4.74 Å². The second-order valence-electron chi connectivity index (χ2n) is 10.0. The smallest absolute Gasteiger partial charge is 0.310 e. The van der Waals surface area contributed by atoms with Crippen molar-refractivity contribution in [1.82, 2.24) is 0 Å². The third-order valence-electron chi connectivity index (χ3n) is 6.91. The fourth-order valence-electron chi connectivity index (χ4n) is 5.03. The molecule has 0 amide bonds. The maximum absolute atomic E-state index is 11.6. The predicted octanol–water partition coefficient (Wildman–Crippen LogP) is 6.17. The summed E-state index contributed by atoms with van der Waals surface area (Å²) < 4.78 is 6.39. The topological polar surface area (TPSA) is 66.8 Å². The largest absolute Gasteiger partial charge is 0.508 e. The van der Waals surface area contributed by atoms with Crippen LogP contribution in [0.5, 0.6) is 11.5 Å². The standard InChI is InChI=1S/C25H36O4/c1-6-7-8-9-12-24(2,3)17-14-20(26)22-18-13-16(23(27)28)10-11-19(18)25(4,5)29-21(22)15-17/h10-11,14-16,18-19,26H,6-9,12-13H2,1-5H3,(H,27,28)/t16?,18-,19-/m1/s1. The lowest BCUT2D eigenvalue weighted by Gasteiger charge is -2.46. The minimum Gasteiger partial charge on any atom is -0.508 e. The number of rotatable bonds is 7. The van der Waals surface area contributed by atoms with Gasteiger partial charge in [-0.3, -0.25) is 4.79 Å².